The minimum absolute atomic E-state index is 0.589. The molecule has 10 aromatic rings. The Morgan fingerprint density at radius 3 is 1.38 bits per heavy atom. The first-order valence-electron chi connectivity index (χ1n) is 17.3. The first kappa shape index (κ1) is 29.8. The van der Waals surface area contributed by atoms with Crippen molar-refractivity contribution in [2.24, 2.45) is 0 Å². The summed E-state index contributed by atoms with van der Waals surface area (Å²) in [4.78, 5) is 24.0. The van der Waals surface area contributed by atoms with Gasteiger partial charge in [-0.2, -0.15) is 0 Å². The molecule has 0 aliphatic rings. The van der Waals surface area contributed by atoms with Gasteiger partial charge in [0, 0.05) is 28.5 Å². The molecular formula is C47H29N5. The van der Waals surface area contributed by atoms with E-state index < -0.39 is 0 Å². The van der Waals surface area contributed by atoms with Gasteiger partial charge in [-0.1, -0.05) is 133 Å². The number of nitrogens with zero attached hydrogens (tertiary/aromatic N) is 5. The third-order valence-electron chi connectivity index (χ3n) is 9.83. The van der Waals surface area contributed by atoms with Gasteiger partial charge < -0.3 is 0 Å². The van der Waals surface area contributed by atoms with E-state index in [0.29, 0.717) is 17.5 Å². The van der Waals surface area contributed by atoms with E-state index in [4.69, 9.17) is 15.0 Å². The molecular weight excluding hydrogens is 635 g/mol. The van der Waals surface area contributed by atoms with Gasteiger partial charge in [0.2, 0.25) is 0 Å². The van der Waals surface area contributed by atoms with Crippen LogP contribution in [0.15, 0.2) is 176 Å². The van der Waals surface area contributed by atoms with Crippen molar-refractivity contribution in [3.05, 3.63) is 176 Å². The van der Waals surface area contributed by atoms with E-state index in [2.05, 4.69) is 107 Å². The zero-order valence-corrected chi connectivity index (χ0v) is 28.0. The molecule has 0 saturated heterocycles. The molecule has 2 aromatic heterocycles. The lowest BCUT2D eigenvalue weighted by atomic mass is 9.87. The second-order valence-corrected chi connectivity index (χ2v) is 12.9. The van der Waals surface area contributed by atoms with Gasteiger partial charge in [0.05, 0.1) is 5.69 Å². The highest BCUT2D eigenvalue weighted by Crippen LogP contribution is 2.44. The largest absolute Gasteiger partial charge is 0.245 e. The Balaban J connectivity index is 1.29. The normalized spacial score (nSPS) is 11.5. The summed E-state index contributed by atoms with van der Waals surface area (Å²) in [6, 6.07) is 57.3. The number of fused-ring (bicyclic) bond motifs is 8. The molecule has 0 aliphatic heterocycles. The van der Waals surface area contributed by atoms with E-state index in [9.17, 15) is 0 Å². The van der Waals surface area contributed by atoms with E-state index in [-0.39, 0.29) is 0 Å². The highest BCUT2D eigenvalue weighted by Gasteiger charge is 2.18. The van der Waals surface area contributed by atoms with E-state index >= 15 is 0 Å². The molecule has 5 nitrogen and oxygen atoms in total. The van der Waals surface area contributed by atoms with Crippen molar-refractivity contribution < 1.29 is 0 Å². The second-order valence-electron chi connectivity index (χ2n) is 12.9. The van der Waals surface area contributed by atoms with Crippen LogP contribution in [0.25, 0.3) is 99.6 Å². The molecule has 0 saturated carbocycles. The lowest BCUT2D eigenvalue weighted by molar-refractivity contribution is 1.07. The molecule has 0 fully saturated rings. The zero-order valence-electron chi connectivity index (χ0n) is 28.0. The van der Waals surface area contributed by atoms with E-state index in [1.165, 1.54) is 43.1 Å². The van der Waals surface area contributed by atoms with Crippen LogP contribution in [0.2, 0.25) is 0 Å². The average molecular weight is 664 g/mol. The number of hydrogen-bond acceptors (Lipinski definition) is 5. The maximum Gasteiger partial charge on any atom is 0.164 e. The fourth-order valence-corrected chi connectivity index (χ4v) is 7.46. The van der Waals surface area contributed by atoms with Gasteiger partial charge in [0.1, 0.15) is 6.33 Å². The quantitative estimate of drug-likeness (QED) is 0.171. The first-order valence-corrected chi connectivity index (χ1v) is 17.3. The molecule has 2 heterocycles. The van der Waals surface area contributed by atoms with Crippen LogP contribution in [-0.2, 0) is 0 Å². The van der Waals surface area contributed by atoms with Crippen LogP contribution < -0.4 is 0 Å². The van der Waals surface area contributed by atoms with Crippen LogP contribution in [0, 0.1) is 0 Å². The molecule has 0 spiro atoms. The molecule has 242 valence electrons. The standard InChI is InChI=1S/C47H29N5/c1-3-13-30(14-4-1)45-50-46(31-15-5-2-6-16-31)52-47(51-45)34-26-32(25-33(27-34)43-23-24-48-29-49-43)41-28-42-37-19-8-7-17-35(37)36-18-9-11-21-39(36)44(42)40-22-12-10-20-38(40)41/h1-29H. The molecule has 0 N–H and O–H groups in total. The number of hydrogen-bond donors (Lipinski definition) is 0. The van der Waals surface area contributed by atoms with E-state index in [0.717, 1.165) is 39.1 Å². The summed E-state index contributed by atoms with van der Waals surface area (Å²) in [5.41, 5.74) is 6.66. The molecule has 0 atom stereocenters. The van der Waals surface area contributed by atoms with E-state index in [1.54, 1.807) is 12.5 Å². The monoisotopic (exact) mass is 663 g/mol. The smallest absolute Gasteiger partial charge is 0.164 e. The SMILES string of the molecule is c1ccc(-c2nc(-c3ccccc3)nc(-c3cc(-c4ccncn4)cc(-c4cc5c6ccccc6c6ccccc6c5c5ccccc45)c3)n2)cc1. The summed E-state index contributed by atoms with van der Waals surface area (Å²) in [6.45, 7) is 0. The van der Waals surface area contributed by atoms with Crippen molar-refractivity contribution in [1.29, 1.82) is 0 Å². The topological polar surface area (TPSA) is 64.5 Å². The highest BCUT2D eigenvalue weighted by atomic mass is 15.0. The summed E-state index contributed by atoms with van der Waals surface area (Å²) in [6.07, 6.45) is 3.37. The van der Waals surface area contributed by atoms with Gasteiger partial charge in [-0.05, 0) is 84.5 Å². The molecule has 8 aromatic carbocycles. The van der Waals surface area contributed by atoms with Crippen molar-refractivity contribution >= 4 is 43.1 Å². The molecule has 0 amide bonds. The van der Waals surface area contributed by atoms with Gasteiger partial charge in [0.15, 0.2) is 17.5 Å². The summed E-state index contributed by atoms with van der Waals surface area (Å²) >= 11 is 0. The van der Waals surface area contributed by atoms with Gasteiger partial charge in [-0.25, -0.2) is 24.9 Å². The number of benzene rings is 8. The molecule has 0 radical (unpaired) electrons. The zero-order chi connectivity index (χ0) is 34.4. The molecule has 0 bridgehead atoms. The lowest BCUT2D eigenvalue weighted by Crippen LogP contribution is -2.00. The summed E-state index contributed by atoms with van der Waals surface area (Å²) in [7, 11) is 0. The third kappa shape index (κ3) is 5.07. The van der Waals surface area contributed by atoms with Crippen molar-refractivity contribution in [2.45, 2.75) is 0 Å². The fourth-order valence-electron chi connectivity index (χ4n) is 7.46. The van der Waals surface area contributed by atoms with Gasteiger partial charge in [0.25, 0.3) is 0 Å². The Morgan fingerprint density at radius 2 is 0.788 bits per heavy atom. The van der Waals surface area contributed by atoms with Crippen molar-refractivity contribution in [3.8, 4) is 56.5 Å². The molecule has 0 unspecified atom stereocenters. The van der Waals surface area contributed by atoms with Gasteiger partial charge in [-0.3, -0.25) is 0 Å². The minimum atomic E-state index is 0.589. The summed E-state index contributed by atoms with van der Waals surface area (Å²) in [5, 5.41) is 9.85. The predicted molar refractivity (Wildman–Crippen MR) is 213 cm³/mol. The fraction of sp³-hybridized carbons (Fsp3) is 0. The molecule has 52 heavy (non-hydrogen) atoms. The lowest BCUT2D eigenvalue weighted by Gasteiger charge is -2.17. The Morgan fingerprint density at radius 1 is 0.327 bits per heavy atom. The Bertz CT molecular complexity index is 2890. The Labute approximate surface area is 300 Å². The Hall–Kier alpha value is -7.11. The third-order valence-corrected chi connectivity index (χ3v) is 9.83. The van der Waals surface area contributed by atoms with Crippen LogP contribution >= 0.6 is 0 Å². The minimum Gasteiger partial charge on any atom is -0.245 e. The van der Waals surface area contributed by atoms with Crippen LogP contribution in [-0.4, -0.2) is 24.9 Å². The maximum atomic E-state index is 5.10. The van der Waals surface area contributed by atoms with Crippen LogP contribution in [0.5, 0.6) is 0 Å². The van der Waals surface area contributed by atoms with Crippen molar-refractivity contribution in [2.75, 3.05) is 0 Å². The van der Waals surface area contributed by atoms with Gasteiger partial charge in [-0.15, -0.1) is 0 Å². The first-order chi connectivity index (χ1) is 25.8. The van der Waals surface area contributed by atoms with Crippen LogP contribution in [0.1, 0.15) is 0 Å². The summed E-state index contributed by atoms with van der Waals surface area (Å²) < 4.78 is 0. The molecule has 10 rings (SSSR count). The number of rotatable bonds is 5. The summed E-state index contributed by atoms with van der Waals surface area (Å²) in [5.74, 6) is 1.83. The van der Waals surface area contributed by atoms with Crippen LogP contribution in [0.3, 0.4) is 0 Å². The predicted octanol–water partition coefficient (Wildman–Crippen LogP) is 11.6. The van der Waals surface area contributed by atoms with Gasteiger partial charge >= 0.3 is 0 Å². The average Bonchev–Trinajstić information content (AvgIpc) is 3.24. The van der Waals surface area contributed by atoms with E-state index in [1.807, 2.05) is 66.7 Å². The highest BCUT2D eigenvalue weighted by molar-refractivity contribution is 6.33. The van der Waals surface area contributed by atoms with Crippen molar-refractivity contribution in [3.63, 3.8) is 0 Å². The number of aromatic nitrogens is 5. The molecule has 0 aliphatic carbocycles. The van der Waals surface area contributed by atoms with Crippen LogP contribution in [0.4, 0.5) is 0 Å². The van der Waals surface area contributed by atoms with Crippen molar-refractivity contribution in [1.82, 2.24) is 24.9 Å². The maximum absolute atomic E-state index is 5.10. The Kier molecular flexibility index (Phi) is 7.07. The molecule has 5 heteroatoms. The second kappa shape index (κ2) is 12.3.